The molecule has 2 rings (SSSR count). The van der Waals surface area contributed by atoms with Crippen LogP contribution in [0, 0.1) is 0 Å². The summed E-state index contributed by atoms with van der Waals surface area (Å²) in [6.07, 6.45) is 0.532. The summed E-state index contributed by atoms with van der Waals surface area (Å²) >= 11 is 1.63. The van der Waals surface area contributed by atoms with Crippen molar-refractivity contribution in [3.05, 3.63) is 52.0 Å². The van der Waals surface area contributed by atoms with E-state index < -0.39 is 9.84 Å². The molecule has 2 aromatic rings. The van der Waals surface area contributed by atoms with Crippen LogP contribution in [-0.4, -0.2) is 38.7 Å². The third-order valence-corrected chi connectivity index (χ3v) is 6.50. The average molecular weight is 409 g/mol. The van der Waals surface area contributed by atoms with Crippen molar-refractivity contribution < 1.29 is 8.42 Å². The molecule has 0 spiro atoms. The summed E-state index contributed by atoms with van der Waals surface area (Å²) < 4.78 is 24.4. The van der Waals surface area contributed by atoms with Gasteiger partial charge in [-0.3, -0.25) is 4.99 Å². The fourth-order valence-electron chi connectivity index (χ4n) is 2.45. The Hall–Kier alpha value is -1.93. The van der Waals surface area contributed by atoms with Gasteiger partial charge in [-0.15, -0.1) is 11.3 Å². The van der Waals surface area contributed by atoms with Crippen molar-refractivity contribution in [2.45, 2.75) is 38.5 Å². The zero-order valence-corrected chi connectivity index (χ0v) is 17.7. The Kier molecular flexibility index (Phi) is 8.24. The third kappa shape index (κ3) is 7.68. The van der Waals surface area contributed by atoms with E-state index in [1.54, 1.807) is 18.4 Å². The van der Waals surface area contributed by atoms with Crippen LogP contribution in [0.15, 0.2) is 40.7 Å². The van der Waals surface area contributed by atoms with Crippen LogP contribution in [0.5, 0.6) is 0 Å². The van der Waals surface area contributed by atoms with E-state index >= 15 is 0 Å². The van der Waals surface area contributed by atoms with E-state index in [1.807, 2.05) is 30.3 Å². The maximum atomic E-state index is 12.2. The predicted molar refractivity (Wildman–Crippen MR) is 113 cm³/mol. The van der Waals surface area contributed by atoms with Gasteiger partial charge in [0, 0.05) is 19.0 Å². The standard InChI is InChI=1S/C19H28N4O2S2/c1-15(2)17-13-26-18(23-17)12-22-19(20-3)21-10-7-11-27(24,25)14-16-8-5-4-6-9-16/h4-6,8-9,13,15H,7,10-12,14H2,1-3H3,(H2,20,21,22). The minimum Gasteiger partial charge on any atom is -0.356 e. The van der Waals surface area contributed by atoms with Crippen molar-refractivity contribution in [3.63, 3.8) is 0 Å². The highest BCUT2D eigenvalue weighted by Crippen LogP contribution is 2.17. The number of nitrogens with one attached hydrogen (secondary N) is 2. The van der Waals surface area contributed by atoms with E-state index in [4.69, 9.17) is 0 Å². The maximum Gasteiger partial charge on any atom is 0.191 e. The molecule has 2 N–H and O–H groups in total. The Morgan fingerprint density at radius 3 is 2.59 bits per heavy atom. The molecule has 8 heteroatoms. The lowest BCUT2D eigenvalue weighted by Gasteiger charge is -2.11. The highest BCUT2D eigenvalue weighted by Gasteiger charge is 2.12. The zero-order valence-electron chi connectivity index (χ0n) is 16.1. The third-order valence-electron chi connectivity index (χ3n) is 3.95. The van der Waals surface area contributed by atoms with Crippen LogP contribution in [0.25, 0.3) is 0 Å². The van der Waals surface area contributed by atoms with E-state index in [2.05, 4.69) is 39.8 Å². The van der Waals surface area contributed by atoms with Gasteiger partial charge in [0.05, 0.1) is 23.7 Å². The number of sulfone groups is 1. The van der Waals surface area contributed by atoms with Gasteiger partial charge in [0.2, 0.25) is 0 Å². The van der Waals surface area contributed by atoms with Crippen LogP contribution in [0.4, 0.5) is 0 Å². The summed E-state index contributed by atoms with van der Waals surface area (Å²) in [6, 6.07) is 9.27. The van der Waals surface area contributed by atoms with Crippen LogP contribution >= 0.6 is 11.3 Å². The van der Waals surface area contributed by atoms with Gasteiger partial charge in [-0.1, -0.05) is 44.2 Å². The Morgan fingerprint density at radius 1 is 1.22 bits per heavy atom. The number of benzene rings is 1. The molecule has 148 valence electrons. The Balaban J connectivity index is 1.71. The van der Waals surface area contributed by atoms with Crippen molar-refractivity contribution in [2.24, 2.45) is 4.99 Å². The molecule has 1 aromatic carbocycles. The molecule has 27 heavy (non-hydrogen) atoms. The molecule has 0 radical (unpaired) electrons. The van der Waals surface area contributed by atoms with Gasteiger partial charge in [-0.05, 0) is 17.9 Å². The lowest BCUT2D eigenvalue weighted by Crippen LogP contribution is -2.37. The van der Waals surface area contributed by atoms with E-state index in [-0.39, 0.29) is 11.5 Å². The first kappa shape index (κ1) is 21.4. The number of hydrogen-bond acceptors (Lipinski definition) is 5. The summed E-state index contributed by atoms with van der Waals surface area (Å²) in [5.41, 5.74) is 1.93. The maximum absolute atomic E-state index is 12.2. The van der Waals surface area contributed by atoms with Crippen LogP contribution in [0.1, 0.15) is 42.5 Å². The first-order valence-electron chi connectivity index (χ1n) is 9.03. The predicted octanol–water partition coefficient (Wildman–Crippen LogP) is 2.94. The van der Waals surface area contributed by atoms with E-state index in [0.717, 1.165) is 16.3 Å². The fraction of sp³-hybridized carbons (Fsp3) is 0.474. The van der Waals surface area contributed by atoms with Gasteiger partial charge < -0.3 is 10.6 Å². The van der Waals surface area contributed by atoms with Gasteiger partial charge in [0.1, 0.15) is 5.01 Å². The molecule has 0 aliphatic heterocycles. The molecule has 0 amide bonds. The highest BCUT2D eigenvalue weighted by atomic mass is 32.2. The number of rotatable bonds is 9. The average Bonchev–Trinajstić information content (AvgIpc) is 3.11. The molecule has 0 saturated carbocycles. The molecular formula is C19H28N4O2S2. The van der Waals surface area contributed by atoms with Crippen molar-refractivity contribution >= 4 is 27.1 Å². The molecule has 6 nitrogen and oxygen atoms in total. The van der Waals surface area contributed by atoms with Gasteiger partial charge >= 0.3 is 0 Å². The van der Waals surface area contributed by atoms with Gasteiger partial charge in [-0.2, -0.15) is 0 Å². The SMILES string of the molecule is CN=C(NCCCS(=O)(=O)Cc1ccccc1)NCc1nc(C(C)C)cs1. The highest BCUT2D eigenvalue weighted by molar-refractivity contribution is 7.90. The summed E-state index contributed by atoms with van der Waals surface area (Å²) in [7, 11) is -1.41. The molecular weight excluding hydrogens is 380 g/mol. The number of aliphatic imine (C=N–C) groups is 1. The van der Waals surface area contributed by atoms with E-state index in [9.17, 15) is 8.42 Å². The Labute approximate surface area is 166 Å². The first-order chi connectivity index (χ1) is 12.9. The van der Waals surface area contributed by atoms with Crippen molar-refractivity contribution in [1.29, 1.82) is 0 Å². The van der Waals surface area contributed by atoms with E-state index in [1.165, 1.54) is 0 Å². The lowest BCUT2D eigenvalue weighted by molar-refractivity contribution is 0.591. The van der Waals surface area contributed by atoms with Crippen LogP contribution in [-0.2, 0) is 22.1 Å². The Bertz CT molecular complexity index is 830. The summed E-state index contributed by atoms with van der Waals surface area (Å²) in [5, 5.41) is 9.46. The zero-order chi connectivity index (χ0) is 19.7. The smallest absolute Gasteiger partial charge is 0.191 e. The first-order valence-corrected chi connectivity index (χ1v) is 11.7. The molecule has 0 aliphatic rings. The minimum absolute atomic E-state index is 0.0864. The molecule has 1 aromatic heterocycles. The molecule has 0 atom stereocenters. The monoisotopic (exact) mass is 408 g/mol. The second kappa shape index (κ2) is 10.4. The van der Waals surface area contributed by atoms with Crippen molar-refractivity contribution in [3.8, 4) is 0 Å². The van der Waals surface area contributed by atoms with Crippen molar-refractivity contribution in [2.75, 3.05) is 19.3 Å². The van der Waals surface area contributed by atoms with Crippen LogP contribution in [0.3, 0.4) is 0 Å². The molecule has 1 heterocycles. The molecule has 0 aliphatic carbocycles. The summed E-state index contributed by atoms with van der Waals surface area (Å²) in [5.74, 6) is 1.31. The number of guanidine groups is 1. The Morgan fingerprint density at radius 2 is 1.96 bits per heavy atom. The molecule has 0 unspecified atom stereocenters. The van der Waals surface area contributed by atoms with Crippen LogP contribution < -0.4 is 10.6 Å². The number of hydrogen-bond donors (Lipinski definition) is 2. The van der Waals surface area contributed by atoms with Gasteiger partial charge in [-0.25, -0.2) is 13.4 Å². The topological polar surface area (TPSA) is 83.5 Å². The number of thiazole rings is 1. The molecule has 0 fully saturated rings. The largest absolute Gasteiger partial charge is 0.356 e. The number of aromatic nitrogens is 1. The lowest BCUT2D eigenvalue weighted by atomic mass is 10.2. The molecule has 0 saturated heterocycles. The minimum atomic E-state index is -3.11. The summed E-state index contributed by atoms with van der Waals surface area (Å²) in [6.45, 7) is 5.39. The van der Waals surface area contributed by atoms with E-state index in [0.29, 0.717) is 31.4 Å². The molecule has 0 bridgehead atoms. The fourth-order valence-corrected chi connectivity index (χ4v) is 4.77. The normalized spacial score (nSPS) is 12.4. The van der Waals surface area contributed by atoms with Crippen molar-refractivity contribution in [1.82, 2.24) is 15.6 Å². The quantitative estimate of drug-likeness (QED) is 0.379. The van der Waals surface area contributed by atoms with Crippen LogP contribution in [0.2, 0.25) is 0 Å². The van der Waals surface area contributed by atoms with Gasteiger partial charge in [0.15, 0.2) is 15.8 Å². The number of nitrogens with zero attached hydrogens (tertiary/aromatic N) is 2. The second-order valence-electron chi connectivity index (χ2n) is 6.60. The summed E-state index contributed by atoms with van der Waals surface area (Å²) in [4.78, 5) is 8.75. The van der Waals surface area contributed by atoms with Gasteiger partial charge in [0.25, 0.3) is 0 Å². The second-order valence-corrected chi connectivity index (χ2v) is 9.73.